The smallest absolute Gasteiger partial charge is 0.238 e. The predicted octanol–water partition coefficient (Wildman–Crippen LogP) is 3.62. The number of nitrogens with zero attached hydrogens (tertiary/aromatic N) is 3. The molecular formula is C23H31N3O3S. The van der Waals surface area contributed by atoms with Crippen molar-refractivity contribution in [2.75, 3.05) is 13.1 Å². The highest BCUT2D eigenvalue weighted by molar-refractivity contribution is 7.92. The molecule has 3 rings (SSSR count). The number of aryl methyl sites for hydroxylation is 1. The minimum atomic E-state index is -3.70. The summed E-state index contributed by atoms with van der Waals surface area (Å²) in [7, 11) is -1.74. The topological polar surface area (TPSA) is 62.6 Å². The maximum atomic E-state index is 13.1. The van der Waals surface area contributed by atoms with E-state index in [1.807, 2.05) is 72.1 Å². The zero-order valence-corrected chi connectivity index (χ0v) is 18.6. The van der Waals surface area contributed by atoms with Crippen LogP contribution in [0.15, 0.2) is 54.1 Å². The Morgan fingerprint density at radius 2 is 1.90 bits per heavy atom. The van der Waals surface area contributed by atoms with Crippen LogP contribution in [0.5, 0.6) is 0 Å². The standard InChI is InChI=1S/C23H31N3O3S/c1-3-4-16-25(30(28,29)17-14-20-9-6-5-7-10-20)19-23(27)26(21-12-13-21)18-22-11-8-15-24(22)2/h5-11,14-15,17,21H,3-4,12-13,16,18-19H2,1-2H3. The van der Waals surface area contributed by atoms with Crippen molar-refractivity contribution in [2.24, 2.45) is 7.05 Å². The monoisotopic (exact) mass is 429 g/mol. The van der Waals surface area contributed by atoms with Gasteiger partial charge >= 0.3 is 0 Å². The molecule has 1 saturated carbocycles. The van der Waals surface area contributed by atoms with Crippen molar-refractivity contribution >= 4 is 22.0 Å². The lowest BCUT2D eigenvalue weighted by Gasteiger charge is -2.27. The van der Waals surface area contributed by atoms with Crippen LogP contribution >= 0.6 is 0 Å². The van der Waals surface area contributed by atoms with Gasteiger partial charge in [0.1, 0.15) is 0 Å². The van der Waals surface area contributed by atoms with Crippen molar-refractivity contribution in [3.63, 3.8) is 0 Å². The van der Waals surface area contributed by atoms with Gasteiger partial charge in [-0.3, -0.25) is 4.79 Å². The second kappa shape index (κ2) is 10.1. The van der Waals surface area contributed by atoms with Crippen molar-refractivity contribution in [3.05, 3.63) is 65.3 Å². The summed E-state index contributed by atoms with van der Waals surface area (Å²) in [6, 6.07) is 13.5. The number of aromatic nitrogens is 1. The third-order valence-corrected chi connectivity index (χ3v) is 6.87. The van der Waals surface area contributed by atoms with Crippen LogP contribution in [0, 0.1) is 0 Å². The zero-order valence-electron chi connectivity index (χ0n) is 17.8. The Balaban J connectivity index is 1.74. The van der Waals surface area contributed by atoms with Gasteiger partial charge in [0.15, 0.2) is 0 Å². The number of hydrogen-bond donors (Lipinski definition) is 0. The highest BCUT2D eigenvalue weighted by Gasteiger charge is 2.34. The molecule has 1 heterocycles. The third kappa shape index (κ3) is 6.06. The number of carbonyl (C=O) groups excluding carboxylic acids is 1. The summed E-state index contributed by atoms with van der Waals surface area (Å²) in [5.41, 5.74) is 1.85. The van der Waals surface area contributed by atoms with E-state index in [1.54, 1.807) is 6.08 Å². The normalized spacial score (nSPS) is 14.5. The van der Waals surface area contributed by atoms with E-state index in [-0.39, 0.29) is 18.5 Å². The Hall–Kier alpha value is -2.38. The Morgan fingerprint density at radius 1 is 1.17 bits per heavy atom. The molecule has 0 radical (unpaired) electrons. The molecule has 0 aliphatic heterocycles. The van der Waals surface area contributed by atoms with Gasteiger partial charge in [0.05, 0.1) is 13.1 Å². The van der Waals surface area contributed by atoms with E-state index >= 15 is 0 Å². The second-order valence-corrected chi connectivity index (χ2v) is 9.63. The van der Waals surface area contributed by atoms with Crippen molar-refractivity contribution in [3.8, 4) is 0 Å². The van der Waals surface area contributed by atoms with Gasteiger partial charge in [-0.25, -0.2) is 8.42 Å². The minimum absolute atomic E-state index is 0.123. The number of amides is 1. The predicted molar refractivity (Wildman–Crippen MR) is 120 cm³/mol. The number of hydrogen-bond acceptors (Lipinski definition) is 3. The summed E-state index contributed by atoms with van der Waals surface area (Å²) < 4.78 is 29.3. The number of carbonyl (C=O) groups is 1. The highest BCUT2D eigenvalue weighted by atomic mass is 32.2. The van der Waals surface area contributed by atoms with E-state index in [0.717, 1.165) is 30.5 Å². The fourth-order valence-electron chi connectivity index (χ4n) is 3.33. The summed E-state index contributed by atoms with van der Waals surface area (Å²) >= 11 is 0. The third-order valence-electron chi connectivity index (χ3n) is 5.36. The first kappa shape index (κ1) is 22.3. The van der Waals surface area contributed by atoms with Crippen molar-refractivity contribution in [1.82, 2.24) is 13.8 Å². The molecule has 7 heteroatoms. The molecule has 2 aromatic rings. The maximum Gasteiger partial charge on any atom is 0.238 e. The molecule has 162 valence electrons. The van der Waals surface area contributed by atoms with Crippen LogP contribution in [0.2, 0.25) is 0 Å². The van der Waals surface area contributed by atoms with E-state index in [4.69, 9.17) is 0 Å². The molecule has 0 atom stereocenters. The molecule has 1 aliphatic carbocycles. The van der Waals surface area contributed by atoms with Crippen molar-refractivity contribution < 1.29 is 13.2 Å². The van der Waals surface area contributed by atoms with Gasteiger partial charge in [-0.2, -0.15) is 4.31 Å². The van der Waals surface area contributed by atoms with Crippen molar-refractivity contribution in [2.45, 2.75) is 45.2 Å². The van der Waals surface area contributed by atoms with E-state index in [0.29, 0.717) is 19.5 Å². The summed E-state index contributed by atoms with van der Waals surface area (Å²) in [4.78, 5) is 15.0. The van der Waals surface area contributed by atoms with Crippen molar-refractivity contribution in [1.29, 1.82) is 0 Å². The Labute approximate surface area is 179 Å². The average molecular weight is 430 g/mol. The van der Waals surface area contributed by atoms with E-state index in [9.17, 15) is 13.2 Å². The van der Waals surface area contributed by atoms with E-state index < -0.39 is 10.0 Å². The van der Waals surface area contributed by atoms with Gasteiger partial charge < -0.3 is 9.47 Å². The van der Waals surface area contributed by atoms with Crippen LogP contribution in [0.1, 0.15) is 43.9 Å². The molecule has 0 unspecified atom stereocenters. The summed E-state index contributed by atoms with van der Waals surface area (Å²) in [6.45, 7) is 2.74. The number of rotatable bonds is 11. The molecule has 1 aromatic heterocycles. The molecule has 1 amide bonds. The number of sulfonamides is 1. The lowest BCUT2D eigenvalue weighted by Crippen LogP contribution is -2.43. The molecule has 0 bridgehead atoms. The van der Waals surface area contributed by atoms with E-state index in [1.165, 1.54) is 9.71 Å². The Kier molecular flexibility index (Phi) is 7.50. The SMILES string of the molecule is CCCCN(CC(=O)N(Cc1cccn1C)C1CC1)S(=O)(=O)C=Cc1ccccc1. The van der Waals surface area contributed by atoms with Crippen LogP contribution in [-0.4, -0.2) is 47.2 Å². The van der Waals surface area contributed by atoms with Crippen LogP contribution in [0.4, 0.5) is 0 Å². The Morgan fingerprint density at radius 3 is 2.50 bits per heavy atom. The molecule has 0 spiro atoms. The number of unbranched alkanes of at least 4 members (excludes halogenated alkanes) is 1. The van der Waals surface area contributed by atoms with Crippen LogP contribution in [-0.2, 0) is 28.4 Å². The van der Waals surface area contributed by atoms with Crippen LogP contribution in [0.3, 0.4) is 0 Å². The summed E-state index contributed by atoms with van der Waals surface area (Å²) in [6.07, 6.45) is 7.07. The quantitative estimate of drug-likeness (QED) is 0.548. The fourth-order valence-corrected chi connectivity index (χ4v) is 4.50. The average Bonchev–Trinajstić information content (AvgIpc) is 3.50. The molecule has 1 aromatic carbocycles. The maximum absolute atomic E-state index is 13.1. The first-order chi connectivity index (χ1) is 14.4. The molecule has 1 fully saturated rings. The molecule has 1 aliphatic rings. The molecule has 30 heavy (non-hydrogen) atoms. The van der Waals surface area contributed by atoms with Gasteiger partial charge in [0.25, 0.3) is 0 Å². The lowest BCUT2D eigenvalue weighted by molar-refractivity contribution is -0.132. The van der Waals surface area contributed by atoms with Gasteiger partial charge in [0, 0.05) is 36.9 Å². The minimum Gasteiger partial charge on any atom is -0.353 e. The molecule has 0 saturated heterocycles. The van der Waals surface area contributed by atoms with E-state index in [2.05, 4.69) is 0 Å². The first-order valence-electron chi connectivity index (χ1n) is 10.5. The largest absolute Gasteiger partial charge is 0.353 e. The van der Waals surface area contributed by atoms with Gasteiger partial charge in [-0.15, -0.1) is 0 Å². The van der Waals surface area contributed by atoms with Crippen LogP contribution < -0.4 is 0 Å². The highest BCUT2D eigenvalue weighted by Crippen LogP contribution is 2.29. The molecule has 6 nitrogen and oxygen atoms in total. The lowest BCUT2D eigenvalue weighted by atomic mass is 10.2. The van der Waals surface area contributed by atoms with Crippen LogP contribution in [0.25, 0.3) is 6.08 Å². The summed E-state index contributed by atoms with van der Waals surface area (Å²) in [5, 5.41) is 1.21. The van der Waals surface area contributed by atoms with Gasteiger partial charge in [-0.05, 0) is 43.0 Å². The zero-order chi connectivity index (χ0) is 21.6. The second-order valence-electron chi connectivity index (χ2n) is 7.81. The fraction of sp³-hybridized carbons (Fsp3) is 0.435. The molecular weight excluding hydrogens is 398 g/mol. The van der Waals surface area contributed by atoms with Gasteiger partial charge in [-0.1, -0.05) is 43.7 Å². The Bertz CT molecular complexity index is 963. The van der Waals surface area contributed by atoms with Gasteiger partial charge in [0.2, 0.25) is 15.9 Å². The molecule has 0 N–H and O–H groups in total. The first-order valence-corrected chi connectivity index (χ1v) is 12.0. The number of benzene rings is 1. The summed E-state index contributed by atoms with van der Waals surface area (Å²) in [5.74, 6) is -0.133.